The van der Waals surface area contributed by atoms with Crippen LogP contribution in [0.5, 0.6) is 5.75 Å². The Morgan fingerprint density at radius 2 is 1.59 bits per heavy atom. The maximum atomic E-state index is 13.3. The van der Waals surface area contributed by atoms with Gasteiger partial charge in [0.25, 0.3) is 5.69 Å². The van der Waals surface area contributed by atoms with Crippen LogP contribution in [0.15, 0.2) is 78.9 Å². The maximum absolute atomic E-state index is 13.3. The zero-order chi connectivity index (χ0) is 31.8. The van der Waals surface area contributed by atoms with Crippen LogP contribution in [0.2, 0.25) is 0 Å². The topological polar surface area (TPSA) is 109 Å². The molecule has 1 spiro atoms. The number of nitro benzene ring substituents is 1. The molecule has 3 aromatic rings. The highest BCUT2D eigenvalue weighted by molar-refractivity contribution is 6.05. The van der Waals surface area contributed by atoms with E-state index < -0.39 is 0 Å². The molecule has 0 bridgehead atoms. The van der Waals surface area contributed by atoms with Gasteiger partial charge in [-0.05, 0) is 84.1 Å². The summed E-state index contributed by atoms with van der Waals surface area (Å²) in [4.78, 5) is 44.5. The lowest BCUT2D eigenvalue weighted by atomic mass is 9.88. The van der Waals surface area contributed by atoms with Gasteiger partial charge in [-0.3, -0.25) is 29.6 Å². The van der Waals surface area contributed by atoms with E-state index in [1.54, 1.807) is 36.3 Å². The number of piperidine rings is 1. The van der Waals surface area contributed by atoms with Crippen LogP contribution >= 0.6 is 0 Å². The van der Waals surface area contributed by atoms with Crippen LogP contribution in [0.3, 0.4) is 0 Å². The van der Waals surface area contributed by atoms with Gasteiger partial charge in [-0.25, -0.2) is 4.79 Å². The highest BCUT2D eigenvalue weighted by Gasteiger charge is 2.42. The molecule has 7 rings (SSSR count). The molecule has 0 saturated carbocycles. The summed E-state index contributed by atoms with van der Waals surface area (Å²) in [6.45, 7) is 4.95. The van der Waals surface area contributed by atoms with Gasteiger partial charge in [0.2, 0.25) is 5.91 Å². The fourth-order valence-electron chi connectivity index (χ4n) is 6.88. The van der Waals surface area contributed by atoms with Crippen LogP contribution in [0.25, 0.3) is 5.57 Å². The highest BCUT2D eigenvalue weighted by atomic mass is 16.6. The minimum atomic E-state index is -0.377. The highest BCUT2D eigenvalue weighted by Crippen LogP contribution is 2.39. The molecule has 0 aromatic heterocycles. The van der Waals surface area contributed by atoms with Gasteiger partial charge in [0.1, 0.15) is 5.75 Å². The first kappa shape index (κ1) is 29.9. The monoisotopic (exact) mass is 623 g/mol. The van der Waals surface area contributed by atoms with Crippen molar-refractivity contribution in [2.45, 2.75) is 37.5 Å². The number of hydrogen-bond donors (Lipinski definition) is 0. The second-order valence-electron chi connectivity index (χ2n) is 12.5. The number of anilines is 2. The van der Waals surface area contributed by atoms with E-state index in [4.69, 9.17) is 9.47 Å². The Morgan fingerprint density at radius 1 is 0.913 bits per heavy atom. The fourth-order valence-corrected chi connectivity index (χ4v) is 6.88. The van der Waals surface area contributed by atoms with E-state index in [0.29, 0.717) is 19.2 Å². The predicted molar refractivity (Wildman–Crippen MR) is 174 cm³/mol. The van der Waals surface area contributed by atoms with Crippen molar-refractivity contribution < 1.29 is 24.0 Å². The molecule has 0 N–H and O–H groups in total. The first-order valence-corrected chi connectivity index (χ1v) is 15.8. The number of likely N-dealkylation sites (tertiary alicyclic amines) is 1. The third kappa shape index (κ3) is 5.83. The van der Waals surface area contributed by atoms with Crippen LogP contribution < -0.4 is 14.5 Å². The Hall–Kier alpha value is -4.74. The van der Waals surface area contributed by atoms with Gasteiger partial charge in [-0.2, -0.15) is 0 Å². The van der Waals surface area contributed by atoms with Crippen molar-refractivity contribution in [2.24, 2.45) is 0 Å². The van der Waals surface area contributed by atoms with Crippen molar-refractivity contribution >= 4 is 34.6 Å². The van der Waals surface area contributed by atoms with E-state index in [2.05, 4.69) is 28.0 Å². The lowest BCUT2D eigenvalue weighted by molar-refractivity contribution is -0.384. The Labute approximate surface area is 267 Å². The van der Waals surface area contributed by atoms with Crippen molar-refractivity contribution in [1.82, 2.24) is 9.80 Å². The average Bonchev–Trinajstić information content (AvgIpc) is 3.47. The summed E-state index contributed by atoms with van der Waals surface area (Å²) in [5, 5.41) is 11.0. The van der Waals surface area contributed by atoms with Crippen molar-refractivity contribution in [3.8, 4) is 5.75 Å². The van der Waals surface area contributed by atoms with Crippen LogP contribution in [0.1, 0.15) is 30.4 Å². The molecule has 11 nitrogen and oxygen atoms in total. The number of nitrogens with zero attached hydrogens (tertiary/aromatic N) is 5. The zero-order valence-corrected chi connectivity index (χ0v) is 25.8. The van der Waals surface area contributed by atoms with Crippen LogP contribution in [-0.2, 0) is 16.1 Å². The van der Waals surface area contributed by atoms with Crippen LogP contribution in [0, 0.1) is 10.1 Å². The number of nitro groups is 1. The summed E-state index contributed by atoms with van der Waals surface area (Å²) in [6.07, 6.45) is 4.38. The summed E-state index contributed by atoms with van der Waals surface area (Å²) in [7, 11) is 1.60. The number of methoxy groups -OCH3 is 1. The molecular weight excluding hydrogens is 586 g/mol. The van der Waals surface area contributed by atoms with Gasteiger partial charge in [0.05, 0.1) is 30.8 Å². The molecule has 0 unspecified atom stereocenters. The number of urea groups is 1. The number of carbonyl (C=O) groups is 2. The Bertz CT molecular complexity index is 1640. The fraction of sp³-hybridized carbons (Fsp3) is 0.371. The normalized spacial score (nSPS) is 20.2. The van der Waals surface area contributed by atoms with Gasteiger partial charge in [-0.15, -0.1) is 0 Å². The Kier molecular flexibility index (Phi) is 7.95. The van der Waals surface area contributed by atoms with Gasteiger partial charge in [0, 0.05) is 68.7 Å². The quantitative estimate of drug-likeness (QED) is 0.252. The average molecular weight is 624 g/mol. The molecule has 4 aliphatic heterocycles. The van der Waals surface area contributed by atoms with E-state index in [1.165, 1.54) is 4.90 Å². The number of rotatable bonds is 8. The van der Waals surface area contributed by atoms with Gasteiger partial charge < -0.3 is 14.4 Å². The molecule has 3 aromatic carbocycles. The minimum absolute atomic E-state index is 0.0968. The summed E-state index contributed by atoms with van der Waals surface area (Å²) < 4.78 is 11.5. The molecule has 3 amide bonds. The molecule has 11 heteroatoms. The minimum Gasteiger partial charge on any atom is -0.497 e. The molecule has 238 valence electrons. The lowest BCUT2D eigenvalue weighted by Crippen LogP contribution is -2.62. The van der Waals surface area contributed by atoms with E-state index >= 15 is 0 Å². The number of hydrogen-bond acceptors (Lipinski definition) is 8. The van der Waals surface area contributed by atoms with E-state index in [-0.39, 0.29) is 41.1 Å². The third-order valence-corrected chi connectivity index (χ3v) is 9.76. The Balaban J connectivity index is 0.912. The summed E-state index contributed by atoms with van der Waals surface area (Å²) in [5.41, 5.74) is 4.71. The smallest absolute Gasteiger partial charge is 0.331 e. The number of non-ortho nitro benzene ring substituents is 1. The lowest BCUT2D eigenvalue weighted by Gasteiger charge is -2.50. The van der Waals surface area contributed by atoms with Crippen LogP contribution in [0.4, 0.5) is 21.9 Å². The Morgan fingerprint density at radius 3 is 2.24 bits per heavy atom. The van der Waals surface area contributed by atoms with Gasteiger partial charge in [-0.1, -0.05) is 12.1 Å². The molecule has 0 atom stereocenters. The number of benzene rings is 3. The number of imide groups is 1. The van der Waals surface area contributed by atoms with E-state index in [1.807, 2.05) is 36.4 Å². The van der Waals surface area contributed by atoms with Crippen molar-refractivity contribution in [1.29, 1.82) is 0 Å². The van der Waals surface area contributed by atoms with Gasteiger partial charge in [0.15, 0.2) is 0 Å². The first-order chi connectivity index (χ1) is 22.3. The first-order valence-electron chi connectivity index (χ1n) is 15.8. The van der Waals surface area contributed by atoms with E-state index in [9.17, 15) is 19.7 Å². The summed E-state index contributed by atoms with van der Waals surface area (Å²) in [5.74, 6) is 0.567. The molecule has 4 aliphatic rings. The molecule has 46 heavy (non-hydrogen) atoms. The third-order valence-electron chi connectivity index (χ3n) is 9.76. The molecule has 3 saturated heterocycles. The predicted octanol–water partition coefficient (Wildman–Crippen LogP) is 5.10. The molecule has 3 fully saturated rings. The number of amides is 3. The second-order valence-corrected chi connectivity index (χ2v) is 12.5. The SMILES string of the molecule is COc1ccc(CN2C(=O)CCN(c3ccc(N4CC(N5CCC6(C=C(c7ccc([N+](=O)[O-])cc7)CO6)CC5)C4)cc3)C2=O)cc1. The van der Waals surface area contributed by atoms with Crippen molar-refractivity contribution in [2.75, 3.05) is 56.2 Å². The zero-order valence-electron chi connectivity index (χ0n) is 25.8. The second kappa shape index (κ2) is 12.2. The van der Waals surface area contributed by atoms with Crippen molar-refractivity contribution in [3.63, 3.8) is 0 Å². The number of carbonyl (C=O) groups excluding carboxylic acids is 2. The molecule has 0 aliphatic carbocycles. The largest absolute Gasteiger partial charge is 0.497 e. The molecule has 4 heterocycles. The van der Waals surface area contributed by atoms with E-state index in [0.717, 1.165) is 72.8 Å². The van der Waals surface area contributed by atoms with Crippen LogP contribution in [-0.4, -0.2) is 84.7 Å². The summed E-state index contributed by atoms with van der Waals surface area (Å²) in [6, 6.07) is 22.4. The van der Waals surface area contributed by atoms with Crippen molar-refractivity contribution in [3.05, 3.63) is 100 Å². The molecule has 0 radical (unpaired) electrons. The van der Waals surface area contributed by atoms with Gasteiger partial charge >= 0.3 is 6.03 Å². The number of ether oxygens (including phenoxy) is 2. The summed E-state index contributed by atoms with van der Waals surface area (Å²) >= 11 is 0. The molecular formula is C35H37N5O6. The maximum Gasteiger partial charge on any atom is 0.331 e. The standard InChI is InChI=1S/C35H37N5O6/c1-45-32-12-2-25(3-13-32)21-39-33(41)14-17-38(34(39)42)29-10-8-28(9-11-29)37-22-31(23-37)36-18-15-35(16-19-36)20-27(24-46-35)26-4-6-30(7-5-26)40(43)44/h2-13,20,31H,14-19,21-24H2,1H3.